The number of imidazole rings is 1. The lowest BCUT2D eigenvalue weighted by molar-refractivity contribution is -0.192. The summed E-state index contributed by atoms with van der Waals surface area (Å²) >= 11 is 0. The van der Waals surface area contributed by atoms with Crippen LogP contribution in [-0.2, 0) is 24.3 Å². The molecule has 4 rings (SSSR count). The van der Waals surface area contributed by atoms with Gasteiger partial charge in [0.15, 0.2) is 5.76 Å². The first-order chi connectivity index (χ1) is 14.7. The third-order valence-electron chi connectivity index (χ3n) is 5.39. The van der Waals surface area contributed by atoms with E-state index in [1.165, 1.54) is 31.6 Å². The van der Waals surface area contributed by atoms with Crippen LogP contribution in [0, 0.1) is 6.92 Å². The number of carboxylic acids is 1. The highest BCUT2D eigenvalue weighted by Crippen LogP contribution is 2.19. The van der Waals surface area contributed by atoms with Crippen LogP contribution in [0.5, 0.6) is 0 Å². The van der Waals surface area contributed by atoms with Gasteiger partial charge in [-0.3, -0.25) is 9.69 Å². The number of alkyl halides is 3. The molecule has 1 N–H and O–H groups in total. The first kappa shape index (κ1) is 22.9. The van der Waals surface area contributed by atoms with Gasteiger partial charge in [-0.15, -0.1) is 0 Å². The summed E-state index contributed by atoms with van der Waals surface area (Å²) in [5.41, 5.74) is 2.17. The summed E-state index contributed by atoms with van der Waals surface area (Å²) in [4.78, 5) is 30.5. The number of aryl methyl sites for hydroxylation is 1. The number of furan rings is 1. The molecule has 2 aromatic rings. The number of carbonyl (C=O) groups is 2. The Balaban J connectivity index is 0.000000339. The van der Waals surface area contributed by atoms with Gasteiger partial charge in [-0.2, -0.15) is 13.2 Å². The molecule has 11 heteroatoms. The van der Waals surface area contributed by atoms with E-state index in [2.05, 4.69) is 14.5 Å². The minimum atomic E-state index is -5.08. The molecule has 31 heavy (non-hydrogen) atoms. The first-order valence-electron chi connectivity index (χ1n) is 10.1. The van der Waals surface area contributed by atoms with Crippen molar-refractivity contribution in [1.82, 2.24) is 19.4 Å². The maximum atomic E-state index is 12.7. The molecular weight excluding hydrogens is 417 g/mol. The van der Waals surface area contributed by atoms with E-state index >= 15 is 0 Å². The van der Waals surface area contributed by atoms with Gasteiger partial charge < -0.3 is 19.0 Å². The lowest BCUT2D eigenvalue weighted by Gasteiger charge is -2.20. The van der Waals surface area contributed by atoms with Gasteiger partial charge in [-0.1, -0.05) is 0 Å². The SMILES string of the molecule is Cc1ccoc1C(=O)N1CCc2ncc(CN3CCCC3)n2CC1.O=C(O)C(F)(F)F. The second-order valence-corrected chi connectivity index (χ2v) is 7.58. The Bertz CT molecular complexity index is 916. The third-order valence-corrected chi connectivity index (χ3v) is 5.39. The molecule has 1 amide bonds. The second kappa shape index (κ2) is 9.54. The monoisotopic (exact) mass is 442 g/mol. The standard InChI is InChI=1S/C18H24N4O2.C2HF3O2/c1-14-5-11-24-17(14)18(23)21-8-4-16-19-12-15(22(16)10-9-21)13-20-6-2-3-7-20;3-2(4,5)1(6)7/h5,11-12H,2-4,6-10,13H2,1H3;(H,6,7). The molecule has 0 atom stereocenters. The number of aliphatic carboxylic acids is 1. The first-order valence-corrected chi connectivity index (χ1v) is 10.1. The summed E-state index contributed by atoms with van der Waals surface area (Å²) in [5, 5.41) is 7.12. The number of nitrogens with zero attached hydrogens (tertiary/aromatic N) is 4. The van der Waals surface area contributed by atoms with E-state index in [4.69, 9.17) is 14.3 Å². The number of likely N-dealkylation sites (tertiary alicyclic amines) is 1. The van der Waals surface area contributed by atoms with Crippen molar-refractivity contribution in [2.24, 2.45) is 0 Å². The maximum absolute atomic E-state index is 12.7. The number of fused-ring (bicyclic) bond motifs is 1. The van der Waals surface area contributed by atoms with E-state index in [-0.39, 0.29) is 5.91 Å². The fourth-order valence-electron chi connectivity index (χ4n) is 3.73. The lowest BCUT2D eigenvalue weighted by atomic mass is 10.2. The molecule has 4 heterocycles. The Labute approximate surface area is 177 Å². The highest BCUT2D eigenvalue weighted by Gasteiger charge is 2.38. The highest BCUT2D eigenvalue weighted by atomic mass is 19.4. The van der Waals surface area contributed by atoms with E-state index in [9.17, 15) is 18.0 Å². The summed E-state index contributed by atoms with van der Waals surface area (Å²) in [6.45, 7) is 7.45. The van der Waals surface area contributed by atoms with Gasteiger partial charge in [0.05, 0.1) is 12.0 Å². The smallest absolute Gasteiger partial charge is 0.475 e. The number of carbonyl (C=O) groups excluding carboxylic acids is 1. The zero-order valence-electron chi connectivity index (χ0n) is 17.2. The molecule has 2 aromatic heterocycles. The predicted octanol–water partition coefficient (Wildman–Crippen LogP) is 2.71. The van der Waals surface area contributed by atoms with Gasteiger partial charge in [-0.05, 0) is 38.9 Å². The fraction of sp³-hybridized carbons (Fsp3) is 0.550. The largest absolute Gasteiger partial charge is 0.490 e. The number of halogens is 3. The van der Waals surface area contributed by atoms with Crippen LogP contribution in [0.3, 0.4) is 0 Å². The molecule has 0 saturated carbocycles. The van der Waals surface area contributed by atoms with Gasteiger partial charge in [0.25, 0.3) is 5.91 Å². The Morgan fingerprint density at radius 1 is 1.16 bits per heavy atom. The average molecular weight is 442 g/mol. The Morgan fingerprint density at radius 3 is 2.42 bits per heavy atom. The normalized spacial score (nSPS) is 17.0. The van der Waals surface area contributed by atoms with Crippen LogP contribution in [-0.4, -0.2) is 68.7 Å². The van der Waals surface area contributed by atoms with E-state index in [0.717, 1.165) is 30.9 Å². The summed E-state index contributed by atoms with van der Waals surface area (Å²) < 4.78 is 39.4. The van der Waals surface area contributed by atoms with Crippen LogP contribution < -0.4 is 0 Å². The molecule has 170 valence electrons. The summed E-state index contributed by atoms with van der Waals surface area (Å²) in [6.07, 6.45) is 1.91. The third kappa shape index (κ3) is 5.66. The number of aromatic nitrogens is 2. The van der Waals surface area contributed by atoms with Gasteiger partial charge in [0, 0.05) is 44.4 Å². The van der Waals surface area contributed by atoms with Crippen molar-refractivity contribution < 1.29 is 32.3 Å². The molecule has 0 aliphatic carbocycles. The number of hydrogen-bond donors (Lipinski definition) is 1. The molecular formula is C20H25F3N4O4. The molecule has 1 saturated heterocycles. The summed E-state index contributed by atoms with van der Waals surface area (Å²) in [5.74, 6) is -1.21. The Kier molecular flexibility index (Phi) is 7.04. The van der Waals surface area contributed by atoms with Crippen molar-refractivity contribution >= 4 is 11.9 Å². The molecule has 8 nitrogen and oxygen atoms in total. The van der Waals surface area contributed by atoms with Crippen LogP contribution in [0.25, 0.3) is 0 Å². The van der Waals surface area contributed by atoms with E-state index in [1.54, 1.807) is 6.26 Å². The van der Waals surface area contributed by atoms with Crippen molar-refractivity contribution in [2.75, 3.05) is 26.2 Å². The number of carboxylic acid groups (broad SMARTS) is 1. The van der Waals surface area contributed by atoms with Crippen molar-refractivity contribution in [2.45, 2.75) is 45.5 Å². The molecule has 0 bridgehead atoms. The van der Waals surface area contributed by atoms with Crippen LogP contribution in [0.1, 0.15) is 40.5 Å². The lowest BCUT2D eigenvalue weighted by Crippen LogP contribution is -2.34. The second-order valence-electron chi connectivity index (χ2n) is 7.58. The molecule has 2 aliphatic heterocycles. The molecule has 0 radical (unpaired) electrons. The zero-order chi connectivity index (χ0) is 22.6. The summed E-state index contributed by atoms with van der Waals surface area (Å²) in [6, 6.07) is 1.84. The van der Waals surface area contributed by atoms with E-state index in [1.807, 2.05) is 24.1 Å². The number of rotatable bonds is 3. The van der Waals surface area contributed by atoms with Gasteiger partial charge in [0.1, 0.15) is 5.82 Å². The van der Waals surface area contributed by atoms with Crippen molar-refractivity contribution in [1.29, 1.82) is 0 Å². The van der Waals surface area contributed by atoms with Crippen LogP contribution in [0.4, 0.5) is 13.2 Å². The quantitative estimate of drug-likeness (QED) is 0.786. The number of amides is 1. The predicted molar refractivity (Wildman–Crippen MR) is 103 cm³/mol. The summed E-state index contributed by atoms with van der Waals surface area (Å²) in [7, 11) is 0. The number of hydrogen-bond acceptors (Lipinski definition) is 5. The van der Waals surface area contributed by atoms with Crippen LogP contribution in [0.2, 0.25) is 0 Å². The molecule has 0 aromatic carbocycles. The van der Waals surface area contributed by atoms with Crippen LogP contribution >= 0.6 is 0 Å². The fourth-order valence-corrected chi connectivity index (χ4v) is 3.73. The van der Waals surface area contributed by atoms with Crippen molar-refractivity contribution in [3.05, 3.63) is 41.4 Å². The van der Waals surface area contributed by atoms with Crippen LogP contribution in [0.15, 0.2) is 22.9 Å². The molecule has 2 aliphatic rings. The Morgan fingerprint density at radius 2 is 1.84 bits per heavy atom. The molecule has 0 spiro atoms. The highest BCUT2D eigenvalue weighted by molar-refractivity contribution is 5.92. The van der Waals surface area contributed by atoms with Crippen molar-refractivity contribution in [3.8, 4) is 0 Å². The van der Waals surface area contributed by atoms with Gasteiger partial charge in [-0.25, -0.2) is 9.78 Å². The van der Waals surface area contributed by atoms with E-state index < -0.39 is 12.1 Å². The van der Waals surface area contributed by atoms with Gasteiger partial charge >= 0.3 is 12.1 Å². The van der Waals surface area contributed by atoms with E-state index in [0.29, 0.717) is 18.8 Å². The van der Waals surface area contributed by atoms with Gasteiger partial charge in [0.2, 0.25) is 0 Å². The zero-order valence-corrected chi connectivity index (χ0v) is 17.2. The Hall–Kier alpha value is -2.82. The minimum Gasteiger partial charge on any atom is -0.475 e. The minimum absolute atomic E-state index is 0.00986. The average Bonchev–Trinajstić information content (AvgIpc) is 3.42. The topological polar surface area (TPSA) is 91.8 Å². The molecule has 0 unspecified atom stereocenters. The van der Waals surface area contributed by atoms with Crippen molar-refractivity contribution in [3.63, 3.8) is 0 Å². The molecule has 1 fully saturated rings. The maximum Gasteiger partial charge on any atom is 0.490 e.